The van der Waals surface area contributed by atoms with E-state index in [1.165, 1.54) is 0 Å². The molecule has 2 saturated heterocycles. The van der Waals surface area contributed by atoms with Crippen molar-refractivity contribution in [2.45, 2.75) is 51.4 Å². The van der Waals surface area contributed by atoms with Crippen LogP contribution in [-0.4, -0.2) is 43.4 Å². The number of carbonyl (C=O) groups excluding carboxylic acids is 1. The summed E-state index contributed by atoms with van der Waals surface area (Å²) in [5.74, 6) is -0.105. The van der Waals surface area contributed by atoms with Gasteiger partial charge in [0.15, 0.2) is 0 Å². The molecule has 1 aromatic carbocycles. The van der Waals surface area contributed by atoms with Crippen molar-refractivity contribution in [3.8, 4) is 0 Å². The molecular weight excluding hydrogens is 362 g/mol. The van der Waals surface area contributed by atoms with E-state index in [1.807, 2.05) is 33.8 Å². The Labute approximate surface area is 160 Å². The molecule has 0 spiro atoms. The van der Waals surface area contributed by atoms with Gasteiger partial charge in [-0.2, -0.15) is 0 Å². The summed E-state index contributed by atoms with van der Waals surface area (Å²) in [7, 11) is -0.529. The number of hydrogen-bond acceptors (Lipinski definition) is 4. The number of amides is 1. The van der Waals surface area contributed by atoms with Gasteiger partial charge in [-0.3, -0.25) is 4.79 Å². The molecule has 0 aromatic heterocycles. The average molecular weight is 387 g/mol. The molecule has 1 aromatic rings. The van der Waals surface area contributed by atoms with E-state index in [4.69, 9.17) is 20.9 Å². The molecule has 0 saturated carbocycles. The maximum atomic E-state index is 12.3. The molecule has 8 heteroatoms. The molecule has 3 rings (SSSR count). The summed E-state index contributed by atoms with van der Waals surface area (Å²) in [5.41, 5.74) is 0.445. The van der Waals surface area contributed by atoms with Gasteiger partial charge in [0, 0.05) is 28.6 Å². The van der Waals surface area contributed by atoms with Gasteiger partial charge in [0.1, 0.15) is 0 Å². The van der Waals surface area contributed by atoms with E-state index in [0.29, 0.717) is 10.6 Å². The first-order valence-corrected chi connectivity index (χ1v) is 8.74. The first kappa shape index (κ1) is 20.5. The van der Waals surface area contributed by atoms with Gasteiger partial charge in [-0.25, -0.2) is 0 Å². The van der Waals surface area contributed by atoms with Crippen LogP contribution in [0.25, 0.3) is 0 Å². The summed E-state index contributed by atoms with van der Waals surface area (Å²) >= 11 is 6.40. The third kappa shape index (κ3) is 4.14. The van der Waals surface area contributed by atoms with E-state index in [9.17, 15) is 4.79 Å². The van der Waals surface area contributed by atoms with Crippen LogP contribution in [0.15, 0.2) is 18.2 Å². The Bertz CT molecular complexity index is 633. The SMILES string of the molecule is CC1(C)OB(c2ccc(C(=O)N[C@@H]3CCNC3)cc2Cl)OC1(C)C.Cl. The number of benzene rings is 1. The molecular formula is C17H25BCl2N2O3. The first-order valence-electron chi connectivity index (χ1n) is 8.36. The molecule has 5 nitrogen and oxygen atoms in total. The Hall–Kier alpha value is -0.785. The summed E-state index contributed by atoms with van der Waals surface area (Å²) in [6.45, 7) is 9.74. The summed E-state index contributed by atoms with van der Waals surface area (Å²) in [5, 5.41) is 6.72. The van der Waals surface area contributed by atoms with Crippen molar-refractivity contribution < 1.29 is 14.1 Å². The lowest BCUT2D eigenvalue weighted by molar-refractivity contribution is 0.00578. The normalized spacial score (nSPS) is 24.0. The largest absolute Gasteiger partial charge is 0.496 e. The molecule has 2 fully saturated rings. The maximum absolute atomic E-state index is 12.3. The van der Waals surface area contributed by atoms with Crippen molar-refractivity contribution in [2.75, 3.05) is 13.1 Å². The van der Waals surface area contributed by atoms with E-state index in [1.54, 1.807) is 12.1 Å². The number of carbonyl (C=O) groups is 1. The summed E-state index contributed by atoms with van der Waals surface area (Å²) in [6, 6.07) is 5.44. The van der Waals surface area contributed by atoms with Crippen LogP contribution in [0.2, 0.25) is 5.02 Å². The summed E-state index contributed by atoms with van der Waals surface area (Å²) < 4.78 is 12.0. The van der Waals surface area contributed by atoms with Gasteiger partial charge in [0.2, 0.25) is 0 Å². The van der Waals surface area contributed by atoms with Crippen molar-refractivity contribution in [3.05, 3.63) is 28.8 Å². The van der Waals surface area contributed by atoms with Crippen molar-refractivity contribution >= 4 is 42.5 Å². The number of rotatable bonds is 3. The van der Waals surface area contributed by atoms with Crippen LogP contribution >= 0.6 is 24.0 Å². The molecule has 1 atom stereocenters. The summed E-state index contributed by atoms with van der Waals surface area (Å²) in [4.78, 5) is 12.3. The Kier molecular flexibility index (Phi) is 6.12. The minimum Gasteiger partial charge on any atom is -0.399 e. The smallest absolute Gasteiger partial charge is 0.399 e. The van der Waals surface area contributed by atoms with E-state index in [0.717, 1.165) is 25.0 Å². The van der Waals surface area contributed by atoms with E-state index < -0.39 is 18.3 Å². The highest BCUT2D eigenvalue weighted by Gasteiger charge is 2.52. The molecule has 2 aliphatic heterocycles. The second-order valence-electron chi connectivity index (χ2n) is 7.49. The number of nitrogens with one attached hydrogen (secondary N) is 2. The lowest BCUT2D eigenvalue weighted by Crippen LogP contribution is -2.41. The fourth-order valence-corrected chi connectivity index (χ4v) is 3.15. The Balaban J connectivity index is 0.00000225. The molecule has 138 valence electrons. The fourth-order valence-electron chi connectivity index (χ4n) is 2.88. The predicted molar refractivity (Wildman–Crippen MR) is 103 cm³/mol. The highest BCUT2D eigenvalue weighted by atomic mass is 35.5. The topological polar surface area (TPSA) is 59.6 Å². The van der Waals surface area contributed by atoms with Gasteiger partial charge in [0.25, 0.3) is 5.91 Å². The zero-order chi connectivity index (χ0) is 17.5. The molecule has 2 aliphatic rings. The standard InChI is InChI=1S/C17H24BClN2O3.ClH/c1-16(2)17(3,4)24-18(23-16)13-6-5-11(9-14(13)19)15(22)21-12-7-8-20-10-12;/h5-6,9,12,20H,7-8,10H2,1-4H3,(H,21,22);1H/t12-;/m1./s1. The highest BCUT2D eigenvalue weighted by molar-refractivity contribution is 6.65. The molecule has 1 amide bonds. The van der Waals surface area contributed by atoms with Gasteiger partial charge in [-0.15, -0.1) is 12.4 Å². The zero-order valence-corrected chi connectivity index (χ0v) is 16.6. The van der Waals surface area contributed by atoms with Crippen LogP contribution < -0.4 is 16.1 Å². The van der Waals surface area contributed by atoms with Crippen molar-refractivity contribution in [1.29, 1.82) is 0 Å². The van der Waals surface area contributed by atoms with Crippen LogP contribution in [0.1, 0.15) is 44.5 Å². The van der Waals surface area contributed by atoms with Gasteiger partial charge in [0.05, 0.1) is 11.2 Å². The van der Waals surface area contributed by atoms with Crippen LogP contribution in [0.3, 0.4) is 0 Å². The number of hydrogen-bond donors (Lipinski definition) is 2. The summed E-state index contributed by atoms with van der Waals surface area (Å²) in [6.07, 6.45) is 0.950. The average Bonchev–Trinajstić information content (AvgIpc) is 3.05. The lowest BCUT2D eigenvalue weighted by Gasteiger charge is -2.32. The molecule has 0 bridgehead atoms. The molecule has 0 radical (unpaired) electrons. The van der Waals surface area contributed by atoms with Crippen molar-refractivity contribution in [3.63, 3.8) is 0 Å². The van der Waals surface area contributed by atoms with Gasteiger partial charge < -0.3 is 19.9 Å². The minimum absolute atomic E-state index is 0. The van der Waals surface area contributed by atoms with Gasteiger partial charge in [-0.1, -0.05) is 17.7 Å². The molecule has 0 aliphatic carbocycles. The third-order valence-corrected chi connectivity index (χ3v) is 5.49. The van der Waals surface area contributed by atoms with Gasteiger partial charge in [-0.05, 0) is 52.8 Å². The monoisotopic (exact) mass is 386 g/mol. The van der Waals surface area contributed by atoms with Crippen LogP contribution in [0, 0.1) is 0 Å². The van der Waals surface area contributed by atoms with Gasteiger partial charge >= 0.3 is 7.12 Å². The molecule has 0 unspecified atom stereocenters. The fraction of sp³-hybridized carbons (Fsp3) is 0.588. The Morgan fingerprint density at radius 3 is 2.44 bits per heavy atom. The quantitative estimate of drug-likeness (QED) is 0.781. The Morgan fingerprint density at radius 1 is 1.28 bits per heavy atom. The molecule has 2 N–H and O–H groups in total. The second-order valence-corrected chi connectivity index (χ2v) is 7.89. The highest BCUT2D eigenvalue weighted by Crippen LogP contribution is 2.37. The van der Waals surface area contributed by atoms with E-state index in [-0.39, 0.29) is 24.4 Å². The third-order valence-electron chi connectivity index (χ3n) is 5.17. The lowest BCUT2D eigenvalue weighted by atomic mass is 9.78. The zero-order valence-electron chi connectivity index (χ0n) is 15.0. The maximum Gasteiger partial charge on any atom is 0.496 e. The van der Waals surface area contributed by atoms with Crippen molar-refractivity contribution in [1.82, 2.24) is 10.6 Å². The molecule has 25 heavy (non-hydrogen) atoms. The van der Waals surface area contributed by atoms with Crippen LogP contribution in [0.4, 0.5) is 0 Å². The van der Waals surface area contributed by atoms with Crippen molar-refractivity contribution in [2.24, 2.45) is 0 Å². The van der Waals surface area contributed by atoms with Crippen LogP contribution in [0.5, 0.6) is 0 Å². The van der Waals surface area contributed by atoms with Crippen LogP contribution in [-0.2, 0) is 9.31 Å². The Morgan fingerprint density at radius 2 is 1.92 bits per heavy atom. The first-order chi connectivity index (χ1) is 11.2. The van der Waals surface area contributed by atoms with E-state index >= 15 is 0 Å². The number of halogens is 2. The second kappa shape index (κ2) is 7.45. The molecule has 2 heterocycles. The predicted octanol–water partition coefficient (Wildman–Crippen LogP) is 2.15. The minimum atomic E-state index is -0.529. The van der Waals surface area contributed by atoms with E-state index in [2.05, 4.69) is 10.6 Å².